The van der Waals surface area contributed by atoms with Crippen LogP contribution in [0.2, 0.25) is 0 Å². The van der Waals surface area contributed by atoms with E-state index in [1.54, 1.807) is 0 Å². The van der Waals surface area contributed by atoms with Gasteiger partial charge < -0.3 is 0 Å². The lowest BCUT2D eigenvalue weighted by molar-refractivity contribution is 0.0857. The summed E-state index contributed by atoms with van der Waals surface area (Å²) in [5.41, 5.74) is -1.37. The molecule has 0 heterocycles. The Labute approximate surface area is 193 Å². The van der Waals surface area contributed by atoms with Crippen LogP contribution in [0.15, 0.2) is 29.2 Å². The topological polar surface area (TPSA) is 0 Å². The second-order valence-corrected chi connectivity index (χ2v) is 10.8. The number of hydrogen-bond donors (Lipinski definition) is 0. The fourth-order valence-corrected chi connectivity index (χ4v) is 6.71. The van der Waals surface area contributed by atoms with Crippen LogP contribution < -0.4 is 0 Å². The van der Waals surface area contributed by atoms with Crippen molar-refractivity contribution < 1.29 is 17.6 Å². The molecule has 0 atom stereocenters. The molecular formula is C25H33ClF4S. The molecule has 0 spiro atoms. The molecule has 0 unspecified atom stereocenters. The molecule has 6 heteroatoms. The van der Waals surface area contributed by atoms with Gasteiger partial charge in [-0.2, -0.15) is 8.78 Å². The largest absolute Gasteiger partial charge is 0.353 e. The lowest BCUT2D eigenvalue weighted by Gasteiger charge is -2.38. The summed E-state index contributed by atoms with van der Waals surface area (Å²) in [5.74, 6) is 1.28. The smallest absolute Gasteiger partial charge is 0.206 e. The quantitative estimate of drug-likeness (QED) is 0.156. The molecule has 0 aromatic heterocycles. The predicted octanol–water partition coefficient (Wildman–Crippen LogP) is 9.31. The Morgan fingerprint density at radius 3 is 1.94 bits per heavy atom. The number of benzene rings is 1. The fourth-order valence-electron chi connectivity index (χ4n) is 5.39. The maximum atomic E-state index is 13.9. The first-order chi connectivity index (χ1) is 14.8. The van der Waals surface area contributed by atoms with Crippen LogP contribution in [0.4, 0.5) is 17.6 Å². The van der Waals surface area contributed by atoms with Crippen molar-refractivity contribution in [2.75, 3.05) is 5.75 Å². The minimum Gasteiger partial charge on any atom is -0.206 e. The van der Waals surface area contributed by atoms with Crippen LogP contribution in [-0.4, -0.2) is 5.75 Å². The van der Waals surface area contributed by atoms with Crippen molar-refractivity contribution >= 4 is 23.4 Å². The van der Waals surface area contributed by atoms with E-state index >= 15 is 0 Å². The standard InChI is InChI=1S/C25H33ClF4S/c1-2-3-4-5-17-6-10-19(11-7-17)20-12-8-18(9-13-20)16-31-21-14-22(27)24(23(28)15-21)25(26,29)30/h2-3,14-15,17-20H,4-13,16H2,1H3. The van der Waals surface area contributed by atoms with E-state index in [0.717, 1.165) is 48.5 Å². The van der Waals surface area contributed by atoms with Crippen LogP contribution in [0.1, 0.15) is 76.7 Å². The summed E-state index contributed by atoms with van der Waals surface area (Å²) in [5, 5.41) is -4.04. The highest BCUT2D eigenvalue weighted by Crippen LogP contribution is 2.43. The van der Waals surface area contributed by atoms with Gasteiger partial charge in [0, 0.05) is 10.6 Å². The second-order valence-electron chi connectivity index (χ2n) is 9.28. The molecule has 3 rings (SSSR count). The van der Waals surface area contributed by atoms with Crippen molar-refractivity contribution in [2.24, 2.45) is 23.7 Å². The second kappa shape index (κ2) is 11.4. The van der Waals surface area contributed by atoms with Crippen molar-refractivity contribution in [3.63, 3.8) is 0 Å². The van der Waals surface area contributed by atoms with Crippen LogP contribution >= 0.6 is 23.4 Å². The van der Waals surface area contributed by atoms with Gasteiger partial charge in [0.15, 0.2) is 0 Å². The molecule has 2 fully saturated rings. The number of hydrogen-bond acceptors (Lipinski definition) is 1. The van der Waals surface area contributed by atoms with Crippen molar-refractivity contribution in [3.05, 3.63) is 41.5 Å². The number of rotatable bonds is 8. The van der Waals surface area contributed by atoms with Crippen LogP contribution in [0, 0.1) is 35.3 Å². The molecule has 0 nitrogen and oxygen atoms in total. The Balaban J connectivity index is 1.41. The third kappa shape index (κ3) is 7.15. The number of allylic oxidation sites excluding steroid dienone is 2. The molecular weight excluding hydrogens is 444 g/mol. The van der Waals surface area contributed by atoms with E-state index in [-0.39, 0.29) is 0 Å². The van der Waals surface area contributed by atoms with E-state index in [2.05, 4.69) is 19.1 Å². The molecule has 31 heavy (non-hydrogen) atoms. The minimum absolute atomic E-state index is 0.345. The normalized spacial score (nSPS) is 27.7. The molecule has 2 aliphatic rings. The Morgan fingerprint density at radius 1 is 0.935 bits per heavy atom. The fraction of sp³-hybridized carbons (Fsp3) is 0.680. The summed E-state index contributed by atoms with van der Waals surface area (Å²) in [4.78, 5) is 0.345. The lowest BCUT2D eigenvalue weighted by atomic mass is 9.69. The first-order valence-electron chi connectivity index (χ1n) is 11.6. The van der Waals surface area contributed by atoms with E-state index < -0.39 is 22.6 Å². The Hall–Kier alpha value is -0.680. The van der Waals surface area contributed by atoms with Gasteiger partial charge in [-0.3, -0.25) is 0 Å². The van der Waals surface area contributed by atoms with Gasteiger partial charge >= 0.3 is 5.38 Å². The zero-order chi connectivity index (χ0) is 22.4. The van der Waals surface area contributed by atoms with Crippen molar-refractivity contribution in [1.82, 2.24) is 0 Å². The summed E-state index contributed by atoms with van der Waals surface area (Å²) in [6, 6.07) is 1.94. The minimum atomic E-state index is -4.04. The van der Waals surface area contributed by atoms with Crippen LogP contribution in [0.3, 0.4) is 0 Å². The molecule has 0 bridgehead atoms. The van der Waals surface area contributed by atoms with E-state index in [1.165, 1.54) is 63.1 Å². The third-order valence-corrected chi connectivity index (χ3v) is 8.61. The SMILES string of the molecule is CC=CCCC1CCC(C2CCC(CSc3cc(F)c(C(F)(F)Cl)c(F)c3)CC2)CC1. The Bertz CT molecular complexity index is 707. The average molecular weight is 477 g/mol. The van der Waals surface area contributed by atoms with Gasteiger partial charge in [0.2, 0.25) is 0 Å². The van der Waals surface area contributed by atoms with Crippen molar-refractivity contribution in [2.45, 2.75) is 81.4 Å². The molecule has 0 amide bonds. The van der Waals surface area contributed by atoms with Crippen molar-refractivity contribution in [1.29, 1.82) is 0 Å². The summed E-state index contributed by atoms with van der Waals surface area (Å²) in [6.07, 6.45) is 17.2. The average Bonchev–Trinajstić information content (AvgIpc) is 2.72. The Kier molecular flexibility index (Phi) is 9.22. The van der Waals surface area contributed by atoms with E-state index in [0.29, 0.717) is 10.8 Å². The zero-order valence-electron chi connectivity index (χ0n) is 18.2. The number of thioether (sulfide) groups is 1. The first kappa shape index (κ1) is 25.0. The maximum Gasteiger partial charge on any atom is 0.353 e. The van der Waals surface area contributed by atoms with Gasteiger partial charge in [-0.05, 0) is 106 Å². The molecule has 174 valence electrons. The monoisotopic (exact) mass is 476 g/mol. The number of alkyl halides is 3. The highest BCUT2D eigenvalue weighted by molar-refractivity contribution is 7.99. The van der Waals surface area contributed by atoms with Crippen LogP contribution in [0.25, 0.3) is 0 Å². The van der Waals surface area contributed by atoms with Gasteiger partial charge in [-0.1, -0.05) is 25.0 Å². The first-order valence-corrected chi connectivity index (χ1v) is 12.9. The van der Waals surface area contributed by atoms with Gasteiger partial charge in [-0.15, -0.1) is 11.8 Å². The maximum absolute atomic E-state index is 13.9. The Morgan fingerprint density at radius 2 is 1.45 bits per heavy atom. The summed E-state index contributed by atoms with van der Waals surface area (Å²) >= 11 is 6.16. The molecule has 2 aliphatic carbocycles. The van der Waals surface area contributed by atoms with Gasteiger partial charge in [0.25, 0.3) is 0 Å². The highest BCUT2D eigenvalue weighted by atomic mass is 35.5. The molecule has 2 saturated carbocycles. The van der Waals surface area contributed by atoms with E-state index in [9.17, 15) is 17.6 Å². The highest BCUT2D eigenvalue weighted by Gasteiger charge is 2.36. The van der Waals surface area contributed by atoms with Crippen LogP contribution in [0.5, 0.6) is 0 Å². The molecule has 1 aromatic carbocycles. The predicted molar refractivity (Wildman–Crippen MR) is 122 cm³/mol. The molecule has 0 saturated heterocycles. The van der Waals surface area contributed by atoms with E-state index in [1.807, 2.05) is 0 Å². The van der Waals surface area contributed by atoms with Gasteiger partial charge in [0.05, 0.1) is 0 Å². The molecule has 0 N–H and O–H groups in total. The number of halogens is 5. The summed E-state index contributed by atoms with van der Waals surface area (Å²) in [6.45, 7) is 2.08. The zero-order valence-corrected chi connectivity index (χ0v) is 19.8. The molecule has 0 aliphatic heterocycles. The van der Waals surface area contributed by atoms with Crippen molar-refractivity contribution in [3.8, 4) is 0 Å². The van der Waals surface area contributed by atoms with Crippen LogP contribution in [-0.2, 0) is 5.38 Å². The molecule has 0 radical (unpaired) electrons. The summed E-state index contributed by atoms with van der Waals surface area (Å²) in [7, 11) is 0. The molecule has 1 aromatic rings. The lowest BCUT2D eigenvalue weighted by Crippen LogP contribution is -2.26. The summed E-state index contributed by atoms with van der Waals surface area (Å²) < 4.78 is 54.1. The third-order valence-electron chi connectivity index (χ3n) is 7.21. The van der Waals surface area contributed by atoms with E-state index in [4.69, 9.17) is 11.6 Å². The van der Waals surface area contributed by atoms with Gasteiger partial charge in [-0.25, -0.2) is 8.78 Å². The van der Waals surface area contributed by atoms with Gasteiger partial charge in [0.1, 0.15) is 17.2 Å².